The molecule has 1 aliphatic rings. The van der Waals surface area contributed by atoms with E-state index in [9.17, 15) is 19.7 Å². The molecule has 0 unspecified atom stereocenters. The van der Waals surface area contributed by atoms with Gasteiger partial charge in [0.15, 0.2) is 5.03 Å². The fraction of sp³-hybridized carbons (Fsp3) is 0.125. The number of hydrazine groups is 1. The van der Waals surface area contributed by atoms with Crippen LogP contribution in [0.25, 0.3) is 33.0 Å². The van der Waals surface area contributed by atoms with E-state index in [0.717, 1.165) is 21.8 Å². The zero-order chi connectivity index (χ0) is 24.5. The fourth-order valence-corrected chi connectivity index (χ4v) is 4.45. The molecular formula is C24H21N7O4. The predicted octanol–water partition coefficient (Wildman–Crippen LogP) is 2.18. The van der Waals surface area contributed by atoms with Gasteiger partial charge in [0.1, 0.15) is 0 Å². The van der Waals surface area contributed by atoms with Crippen LogP contribution in [0.2, 0.25) is 0 Å². The van der Waals surface area contributed by atoms with Gasteiger partial charge in [0.05, 0.1) is 11.1 Å². The molecule has 5 rings (SSSR count). The summed E-state index contributed by atoms with van der Waals surface area (Å²) < 4.78 is 1.98. The number of aryl methyl sites for hydroxylation is 1. The molecule has 0 bridgehead atoms. The molecule has 0 spiro atoms. The summed E-state index contributed by atoms with van der Waals surface area (Å²) in [4.78, 5) is 43.5. The third kappa shape index (κ3) is 3.99. The monoisotopic (exact) mass is 471 g/mol. The number of benzene rings is 2. The number of nitrogens with one attached hydrogen (secondary N) is 3. The van der Waals surface area contributed by atoms with E-state index in [4.69, 9.17) is 5.73 Å². The second-order valence-corrected chi connectivity index (χ2v) is 8.02. The first-order chi connectivity index (χ1) is 16.9. The van der Waals surface area contributed by atoms with E-state index in [1.165, 1.54) is 0 Å². The van der Waals surface area contributed by atoms with E-state index < -0.39 is 16.8 Å². The van der Waals surface area contributed by atoms with Gasteiger partial charge in [-0.3, -0.25) is 14.9 Å². The highest BCUT2D eigenvalue weighted by atomic mass is 16.7. The number of hydrogen-bond donors (Lipinski definition) is 4. The summed E-state index contributed by atoms with van der Waals surface area (Å²) in [7, 11) is 0. The number of fused-ring (bicyclic) bond motifs is 2. The standard InChI is InChI=1S/C24H21N7O4/c25-24(29-31(34)35)26-10-5-11-30-13-17(15-7-2-4-9-19(15)30)21-20(22(32)28-23(21)33)16-12-27-18-8-3-1-6-14(16)18/h1-4,6-9,12-13,27H,5,10-11H2,(H3,25,26,29)(H,28,32,33). The van der Waals surface area contributed by atoms with E-state index in [-0.39, 0.29) is 12.5 Å². The number of aromatic nitrogens is 2. The van der Waals surface area contributed by atoms with Gasteiger partial charge >= 0.3 is 0 Å². The average molecular weight is 471 g/mol. The van der Waals surface area contributed by atoms with Crippen molar-refractivity contribution in [2.24, 2.45) is 10.7 Å². The number of para-hydroxylation sites is 2. The van der Waals surface area contributed by atoms with Gasteiger partial charge in [-0.15, -0.1) is 0 Å². The van der Waals surface area contributed by atoms with Crippen LogP contribution in [0, 0.1) is 10.1 Å². The number of nitro groups is 1. The second kappa shape index (κ2) is 8.78. The number of hydrogen-bond acceptors (Lipinski definition) is 5. The van der Waals surface area contributed by atoms with E-state index in [2.05, 4.69) is 15.3 Å². The molecular weight excluding hydrogens is 450 g/mol. The summed E-state index contributed by atoms with van der Waals surface area (Å²) in [5.41, 5.74) is 11.0. The lowest BCUT2D eigenvalue weighted by atomic mass is 9.95. The zero-order valence-electron chi connectivity index (χ0n) is 18.4. The second-order valence-electron chi connectivity index (χ2n) is 8.02. The largest absolute Gasteiger partial charge is 0.365 e. The fourth-order valence-electron chi connectivity index (χ4n) is 4.45. The summed E-state index contributed by atoms with van der Waals surface area (Å²) in [6.45, 7) is 0.803. The SMILES string of the molecule is NC(=NCCCn1cc(C2=C(c3c[nH]c4ccccc34)C(=O)NC2=O)c2ccccc21)N[N+](=O)[O-]. The number of guanidine groups is 1. The lowest BCUT2D eigenvalue weighted by Gasteiger charge is -2.04. The topological polar surface area (TPSA) is 160 Å². The summed E-state index contributed by atoms with van der Waals surface area (Å²) in [6, 6.07) is 15.2. The number of nitrogens with two attached hydrogens (primary N) is 1. The molecule has 176 valence electrons. The number of amides is 2. The number of H-pyrrole nitrogens is 1. The average Bonchev–Trinajstić information content (AvgIpc) is 3.49. The van der Waals surface area contributed by atoms with Crippen LogP contribution in [-0.2, 0) is 16.1 Å². The number of aliphatic imine (C=N–C) groups is 1. The third-order valence-electron chi connectivity index (χ3n) is 5.89. The van der Waals surface area contributed by atoms with Crippen molar-refractivity contribution in [2.45, 2.75) is 13.0 Å². The Morgan fingerprint density at radius 1 is 1.03 bits per heavy atom. The van der Waals surface area contributed by atoms with Crippen molar-refractivity contribution in [1.82, 2.24) is 20.3 Å². The lowest BCUT2D eigenvalue weighted by Crippen LogP contribution is -2.36. The van der Waals surface area contributed by atoms with Gasteiger partial charge in [-0.1, -0.05) is 41.8 Å². The zero-order valence-corrected chi connectivity index (χ0v) is 18.4. The van der Waals surface area contributed by atoms with Crippen molar-refractivity contribution < 1.29 is 14.6 Å². The van der Waals surface area contributed by atoms with E-state index >= 15 is 0 Å². The molecule has 11 heteroatoms. The van der Waals surface area contributed by atoms with Crippen molar-refractivity contribution in [1.29, 1.82) is 0 Å². The van der Waals surface area contributed by atoms with Gasteiger partial charge in [-0.25, -0.2) is 15.1 Å². The summed E-state index contributed by atoms with van der Waals surface area (Å²) >= 11 is 0. The van der Waals surface area contributed by atoms with Crippen LogP contribution in [0.5, 0.6) is 0 Å². The lowest BCUT2D eigenvalue weighted by molar-refractivity contribution is -0.525. The van der Waals surface area contributed by atoms with Crippen molar-refractivity contribution in [3.8, 4) is 0 Å². The van der Waals surface area contributed by atoms with Gasteiger partial charge in [-0.05, 0) is 18.6 Å². The molecule has 0 saturated carbocycles. The summed E-state index contributed by atoms with van der Waals surface area (Å²) in [5, 5.41) is 13.8. The highest BCUT2D eigenvalue weighted by Gasteiger charge is 2.34. The molecule has 0 saturated heterocycles. The first-order valence-electron chi connectivity index (χ1n) is 10.9. The molecule has 2 aromatic carbocycles. The van der Waals surface area contributed by atoms with Gasteiger partial charge in [0, 0.05) is 58.4 Å². The summed E-state index contributed by atoms with van der Waals surface area (Å²) in [6.07, 6.45) is 4.16. The van der Waals surface area contributed by atoms with Crippen molar-refractivity contribution in [3.05, 3.63) is 82.2 Å². The van der Waals surface area contributed by atoms with Crippen LogP contribution in [0.1, 0.15) is 17.5 Å². The third-order valence-corrected chi connectivity index (χ3v) is 5.89. The molecule has 11 nitrogen and oxygen atoms in total. The molecule has 3 heterocycles. The smallest absolute Gasteiger partial charge is 0.259 e. The molecule has 0 atom stereocenters. The Morgan fingerprint density at radius 2 is 1.71 bits per heavy atom. The van der Waals surface area contributed by atoms with Gasteiger partial charge in [-0.2, -0.15) is 0 Å². The molecule has 4 aromatic rings. The van der Waals surface area contributed by atoms with Crippen LogP contribution in [-0.4, -0.2) is 38.9 Å². The number of rotatable bonds is 7. The van der Waals surface area contributed by atoms with E-state index in [1.54, 1.807) is 6.20 Å². The first-order valence-corrected chi connectivity index (χ1v) is 10.9. The van der Waals surface area contributed by atoms with Gasteiger partial charge < -0.3 is 15.3 Å². The summed E-state index contributed by atoms with van der Waals surface area (Å²) in [5.74, 6) is -1.14. The molecule has 0 aliphatic carbocycles. The number of aromatic amines is 1. The molecule has 0 radical (unpaired) electrons. The number of carbonyl (C=O) groups is 2. The minimum Gasteiger partial charge on any atom is -0.365 e. The Labute approximate surface area is 198 Å². The van der Waals surface area contributed by atoms with E-state index in [0.29, 0.717) is 35.2 Å². The molecule has 5 N–H and O–H groups in total. The van der Waals surface area contributed by atoms with Crippen LogP contribution in [0.3, 0.4) is 0 Å². The molecule has 2 aromatic heterocycles. The maximum absolute atomic E-state index is 13.0. The molecule has 1 aliphatic heterocycles. The molecule has 2 amide bonds. The highest BCUT2D eigenvalue weighted by molar-refractivity contribution is 6.50. The van der Waals surface area contributed by atoms with Gasteiger partial charge in [0.25, 0.3) is 17.8 Å². The number of nitrogens with zero attached hydrogens (tertiary/aromatic N) is 3. The minimum absolute atomic E-state index is 0.261. The minimum atomic E-state index is -0.766. The van der Waals surface area contributed by atoms with Gasteiger partial charge in [0.2, 0.25) is 0 Å². The Morgan fingerprint density at radius 3 is 2.49 bits per heavy atom. The Hall–Kier alpha value is -4.93. The Bertz CT molecular complexity index is 1560. The van der Waals surface area contributed by atoms with Crippen molar-refractivity contribution in [2.75, 3.05) is 6.54 Å². The first kappa shape index (κ1) is 21.9. The molecule has 0 fully saturated rings. The maximum atomic E-state index is 13.0. The van der Waals surface area contributed by atoms with Crippen LogP contribution < -0.4 is 16.5 Å². The predicted molar refractivity (Wildman–Crippen MR) is 131 cm³/mol. The van der Waals surface area contributed by atoms with Crippen LogP contribution >= 0.6 is 0 Å². The Balaban J connectivity index is 1.55. The Kier molecular flexibility index (Phi) is 5.49. The van der Waals surface area contributed by atoms with Crippen LogP contribution in [0.4, 0.5) is 0 Å². The molecule has 35 heavy (non-hydrogen) atoms. The maximum Gasteiger partial charge on any atom is 0.259 e. The van der Waals surface area contributed by atoms with E-state index in [1.807, 2.05) is 64.7 Å². The normalized spacial score (nSPS) is 14.2. The van der Waals surface area contributed by atoms with Crippen LogP contribution in [0.15, 0.2) is 65.9 Å². The quantitative estimate of drug-likeness (QED) is 0.0807. The number of carbonyl (C=O) groups excluding carboxylic acids is 2. The highest BCUT2D eigenvalue weighted by Crippen LogP contribution is 2.38. The van der Waals surface area contributed by atoms with Crippen molar-refractivity contribution >= 4 is 50.7 Å². The number of imide groups is 1. The van der Waals surface area contributed by atoms with Crippen molar-refractivity contribution in [3.63, 3.8) is 0 Å².